The standard InChI is InChI=1S/C15H15N9O6/c16-22-19-1-4-28-13(25)10-7-11(14(26)29-5-2-20-23-17)9-12(8-10)15(27)30-6-3-21-24-18/h7-9H,1-6H2. The molecule has 0 aliphatic carbocycles. The van der Waals surface area contributed by atoms with Crippen molar-refractivity contribution in [2.45, 2.75) is 0 Å². The Morgan fingerprint density at radius 3 is 1.13 bits per heavy atom. The van der Waals surface area contributed by atoms with Gasteiger partial charge in [-0.25, -0.2) is 14.4 Å². The number of carbonyl (C=O) groups is 3. The zero-order valence-corrected chi connectivity index (χ0v) is 15.4. The first-order valence-electron chi connectivity index (χ1n) is 8.22. The minimum Gasteiger partial charge on any atom is -0.462 e. The van der Waals surface area contributed by atoms with Crippen molar-refractivity contribution in [1.29, 1.82) is 0 Å². The monoisotopic (exact) mass is 417 g/mol. The summed E-state index contributed by atoms with van der Waals surface area (Å²) in [6.45, 7) is -0.936. The quantitative estimate of drug-likeness (QED) is 0.124. The van der Waals surface area contributed by atoms with Crippen LogP contribution in [-0.4, -0.2) is 57.4 Å². The highest BCUT2D eigenvalue weighted by Gasteiger charge is 2.19. The predicted molar refractivity (Wildman–Crippen MR) is 99.3 cm³/mol. The molecule has 0 spiro atoms. The van der Waals surface area contributed by atoms with Gasteiger partial charge in [0.1, 0.15) is 0 Å². The van der Waals surface area contributed by atoms with Gasteiger partial charge in [0.25, 0.3) is 0 Å². The third-order valence-corrected chi connectivity index (χ3v) is 3.10. The molecule has 156 valence electrons. The summed E-state index contributed by atoms with van der Waals surface area (Å²) >= 11 is 0. The second-order valence-electron chi connectivity index (χ2n) is 5.07. The molecule has 0 aliphatic rings. The number of benzene rings is 1. The van der Waals surface area contributed by atoms with Gasteiger partial charge in [-0.05, 0) is 34.8 Å². The number of nitrogens with zero attached hydrogens (tertiary/aromatic N) is 9. The average Bonchev–Trinajstić information content (AvgIpc) is 2.76. The van der Waals surface area contributed by atoms with E-state index in [1.54, 1.807) is 0 Å². The molecule has 0 unspecified atom stereocenters. The molecule has 15 heteroatoms. The summed E-state index contributed by atoms with van der Waals surface area (Å²) in [5.74, 6) is -2.64. The molecule has 0 heterocycles. The minimum atomic E-state index is -0.880. The van der Waals surface area contributed by atoms with Gasteiger partial charge in [-0.2, -0.15) is 0 Å². The van der Waals surface area contributed by atoms with Gasteiger partial charge in [0.05, 0.1) is 56.1 Å². The molecule has 15 nitrogen and oxygen atoms in total. The van der Waals surface area contributed by atoms with Crippen LogP contribution in [0.4, 0.5) is 0 Å². The van der Waals surface area contributed by atoms with E-state index in [4.69, 9.17) is 30.8 Å². The van der Waals surface area contributed by atoms with Crippen LogP contribution >= 0.6 is 0 Å². The highest BCUT2D eigenvalue weighted by atomic mass is 16.5. The minimum absolute atomic E-state index is 0.0995. The summed E-state index contributed by atoms with van der Waals surface area (Å²) in [5.41, 5.74) is 24.2. The van der Waals surface area contributed by atoms with Gasteiger partial charge < -0.3 is 14.2 Å². The Bertz CT molecular complexity index is 799. The number of azide groups is 3. The molecule has 0 radical (unpaired) electrons. The Labute approximate surface area is 168 Å². The van der Waals surface area contributed by atoms with E-state index in [0.717, 1.165) is 18.2 Å². The summed E-state index contributed by atoms with van der Waals surface area (Å²) in [5, 5.41) is 9.64. The van der Waals surface area contributed by atoms with Gasteiger partial charge in [-0.15, -0.1) is 0 Å². The summed E-state index contributed by atoms with van der Waals surface area (Å²) in [7, 11) is 0. The first kappa shape index (κ1) is 23.6. The Balaban J connectivity index is 3.03. The molecule has 1 aromatic rings. The lowest BCUT2D eigenvalue weighted by atomic mass is 10.1. The van der Waals surface area contributed by atoms with Crippen molar-refractivity contribution in [1.82, 2.24) is 0 Å². The molecule has 1 aromatic carbocycles. The van der Waals surface area contributed by atoms with Crippen LogP contribution in [0.2, 0.25) is 0 Å². The predicted octanol–water partition coefficient (Wildman–Crippen LogP) is 3.09. The van der Waals surface area contributed by atoms with Crippen LogP contribution in [0.15, 0.2) is 33.5 Å². The smallest absolute Gasteiger partial charge is 0.338 e. The molecule has 0 amide bonds. The van der Waals surface area contributed by atoms with Crippen LogP contribution in [0.25, 0.3) is 31.3 Å². The van der Waals surface area contributed by atoms with Gasteiger partial charge in [-0.3, -0.25) is 0 Å². The van der Waals surface area contributed by atoms with Crippen molar-refractivity contribution in [3.63, 3.8) is 0 Å². The van der Waals surface area contributed by atoms with Crippen LogP contribution in [0.5, 0.6) is 0 Å². The van der Waals surface area contributed by atoms with Crippen molar-refractivity contribution >= 4 is 17.9 Å². The zero-order valence-electron chi connectivity index (χ0n) is 15.4. The Hall–Kier alpha value is -4.44. The first-order valence-corrected chi connectivity index (χ1v) is 8.22. The molecule has 0 atom stereocenters. The normalized spacial score (nSPS) is 9.20. The van der Waals surface area contributed by atoms with E-state index in [0.29, 0.717) is 0 Å². The Kier molecular flexibility index (Phi) is 10.8. The Morgan fingerprint density at radius 2 is 0.900 bits per heavy atom. The van der Waals surface area contributed by atoms with Crippen molar-refractivity contribution in [2.24, 2.45) is 15.3 Å². The fourth-order valence-corrected chi connectivity index (χ4v) is 1.90. The maximum Gasteiger partial charge on any atom is 0.338 e. The van der Waals surface area contributed by atoms with Crippen LogP contribution in [0.3, 0.4) is 0 Å². The van der Waals surface area contributed by atoms with Crippen molar-refractivity contribution < 1.29 is 28.6 Å². The summed E-state index contributed by atoms with van der Waals surface area (Å²) in [6.07, 6.45) is 0. The molecule has 0 aliphatic heterocycles. The van der Waals surface area contributed by atoms with Crippen LogP contribution in [-0.2, 0) is 14.2 Å². The van der Waals surface area contributed by atoms with Crippen LogP contribution in [0, 0.1) is 0 Å². The van der Waals surface area contributed by atoms with Crippen molar-refractivity contribution in [2.75, 3.05) is 39.5 Å². The number of ether oxygens (including phenoxy) is 3. The number of carbonyl (C=O) groups excluding carboxylic acids is 3. The van der Waals surface area contributed by atoms with E-state index in [-0.39, 0.29) is 56.1 Å². The molecule has 0 fully saturated rings. The SMILES string of the molecule is [N-]=[N+]=NCCOC(=O)c1cc(C(=O)OCCN=[N+]=[N-])cc(C(=O)OCCN=[N+]=[N-])c1. The fraction of sp³-hybridized carbons (Fsp3) is 0.400. The second-order valence-corrected chi connectivity index (χ2v) is 5.07. The topological polar surface area (TPSA) is 225 Å². The van der Waals surface area contributed by atoms with E-state index >= 15 is 0 Å². The van der Waals surface area contributed by atoms with Gasteiger partial charge >= 0.3 is 17.9 Å². The molecular weight excluding hydrogens is 402 g/mol. The molecule has 1 rings (SSSR count). The lowest BCUT2D eigenvalue weighted by Gasteiger charge is -2.09. The number of hydrogen-bond acceptors (Lipinski definition) is 9. The Morgan fingerprint density at radius 1 is 0.633 bits per heavy atom. The van der Waals surface area contributed by atoms with E-state index < -0.39 is 17.9 Å². The highest BCUT2D eigenvalue weighted by Crippen LogP contribution is 2.15. The molecular formula is C15H15N9O6. The summed E-state index contributed by atoms with van der Waals surface area (Å²) in [6, 6.07) is 3.42. The lowest BCUT2D eigenvalue weighted by Crippen LogP contribution is -2.15. The third-order valence-electron chi connectivity index (χ3n) is 3.10. The molecule has 0 aromatic heterocycles. The maximum absolute atomic E-state index is 12.2. The molecule has 0 saturated carbocycles. The van der Waals surface area contributed by atoms with Crippen molar-refractivity contribution in [3.05, 3.63) is 66.2 Å². The second kappa shape index (κ2) is 13.7. The summed E-state index contributed by atoms with van der Waals surface area (Å²) in [4.78, 5) is 44.1. The van der Waals surface area contributed by atoms with Gasteiger partial charge in [-0.1, -0.05) is 15.3 Å². The third kappa shape index (κ3) is 8.50. The molecule has 0 N–H and O–H groups in total. The lowest BCUT2D eigenvalue weighted by molar-refractivity contribution is 0.0514. The first-order chi connectivity index (χ1) is 14.5. The highest BCUT2D eigenvalue weighted by molar-refractivity contribution is 6.00. The zero-order chi connectivity index (χ0) is 22.2. The van der Waals surface area contributed by atoms with Gasteiger partial charge in [0.15, 0.2) is 0 Å². The fourth-order valence-electron chi connectivity index (χ4n) is 1.90. The average molecular weight is 417 g/mol. The van der Waals surface area contributed by atoms with E-state index in [1.165, 1.54) is 0 Å². The molecule has 0 saturated heterocycles. The maximum atomic E-state index is 12.2. The largest absolute Gasteiger partial charge is 0.462 e. The van der Waals surface area contributed by atoms with Gasteiger partial charge in [0, 0.05) is 14.7 Å². The number of rotatable bonds is 12. The van der Waals surface area contributed by atoms with Crippen LogP contribution < -0.4 is 0 Å². The number of esters is 3. The van der Waals surface area contributed by atoms with Gasteiger partial charge in [0.2, 0.25) is 0 Å². The number of hydrogen-bond donors (Lipinski definition) is 0. The van der Waals surface area contributed by atoms with E-state index in [2.05, 4.69) is 30.1 Å². The molecule has 30 heavy (non-hydrogen) atoms. The van der Waals surface area contributed by atoms with Crippen molar-refractivity contribution in [3.8, 4) is 0 Å². The summed E-state index contributed by atoms with van der Waals surface area (Å²) < 4.78 is 14.7. The molecule has 0 bridgehead atoms. The van der Waals surface area contributed by atoms with Crippen LogP contribution in [0.1, 0.15) is 31.1 Å². The van der Waals surface area contributed by atoms with E-state index in [1.807, 2.05) is 0 Å². The van der Waals surface area contributed by atoms with E-state index in [9.17, 15) is 14.4 Å².